The van der Waals surface area contributed by atoms with Crippen molar-refractivity contribution in [1.82, 2.24) is 0 Å². The molecule has 8 heteroatoms. The number of hydrogen-bond acceptors (Lipinski definition) is 6. The topological polar surface area (TPSA) is 89.9 Å². The Balaban J connectivity index is 1.96. The molecule has 0 aromatic carbocycles. The number of methoxy groups -OCH3 is 1. The molecule has 28 heavy (non-hydrogen) atoms. The van der Waals surface area contributed by atoms with Gasteiger partial charge in [0, 0.05) is 16.7 Å². The van der Waals surface area contributed by atoms with Gasteiger partial charge in [-0.3, -0.25) is 9.59 Å². The van der Waals surface area contributed by atoms with Gasteiger partial charge in [-0.1, -0.05) is 22.9 Å². The minimum Gasteiger partial charge on any atom is -0.469 e. The first-order chi connectivity index (χ1) is 13.2. The molecule has 2 aliphatic carbocycles. The molecular formula is C20H26BrIO6. The van der Waals surface area contributed by atoms with Gasteiger partial charge in [0.2, 0.25) is 0 Å². The maximum absolute atomic E-state index is 13.2. The molecule has 3 fully saturated rings. The van der Waals surface area contributed by atoms with Gasteiger partial charge in [-0.15, -0.1) is 0 Å². The average Bonchev–Trinajstić information content (AvgIpc) is 3.05. The Morgan fingerprint density at radius 3 is 2.82 bits per heavy atom. The first-order valence-electron chi connectivity index (χ1n) is 9.69. The number of alkyl halides is 1. The Kier molecular flexibility index (Phi) is 5.00. The molecular weight excluding hydrogens is 543 g/mol. The molecule has 1 saturated heterocycles. The Hall–Kier alpha value is -0.190. The van der Waals surface area contributed by atoms with Crippen LogP contribution < -0.4 is 0 Å². The van der Waals surface area contributed by atoms with Crippen molar-refractivity contribution < 1.29 is 29.0 Å². The van der Waals surface area contributed by atoms with Gasteiger partial charge in [0.05, 0.1) is 18.4 Å². The van der Waals surface area contributed by atoms with E-state index in [2.05, 4.69) is 22.9 Å². The van der Waals surface area contributed by atoms with Gasteiger partial charge in [-0.25, -0.2) is 0 Å². The number of esters is 1. The summed E-state index contributed by atoms with van der Waals surface area (Å²) in [5, 5.41) is 11.3. The smallest absolute Gasteiger partial charge is 0.309 e. The number of ether oxygens (including phenoxy) is 2. The van der Waals surface area contributed by atoms with Crippen LogP contribution in [0.2, 0.25) is 0 Å². The second kappa shape index (κ2) is 6.65. The van der Waals surface area contributed by atoms with E-state index in [0.717, 1.165) is 12.7 Å². The predicted molar refractivity (Wildman–Crippen MR) is 114 cm³/mol. The van der Waals surface area contributed by atoms with Crippen molar-refractivity contribution in [3.63, 3.8) is 0 Å². The summed E-state index contributed by atoms with van der Waals surface area (Å²) in [5.41, 5.74) is -2.93. The summed E-state index contributed by atoms with van der Waals surface area (Å²) in [7, 11) is 1.37. The monoisotopic (exact) mass is 568 g/mol. The van der Waals surface area contributed by atoms with Crippen molar-refractivity contribution in [2.45, 2.75) is 51.4 Å². The first kappa shape index (κ1) is 21.1. The Morgan fingerprint density at radius 2 is 2.25 bits per heavy atom. The van der Waals surface area contributed by atoms with Crippen LogP contribution in [0.3, 0.4) is 0 Å². The van der Waals surface area contributed by atoms with Crippen LogP contribution in [0, 0.1) is 34.0 Å². The number of carbonyl (C=O) groups is 3. The third-order valence-electron chi connectivity index (χ3n) is 8.14. The van der Waals surface area contributed by atoms with E-state index in [1.54, 1.807) is 6.92 Å². The Morgan fingerprint density at radius 1 is 1.54 bits per heavy atom. The first-order valence-corrected chi connectivity index (χ1v) is 13.1. The molecule has 0 aromatic rings. The maximum atomic E-state index is 13.2. The summed E-state index contributed by atoms with van der Waals surface area (Å²) in [4.78, 5) is 38.2. The molecule has 1 N–H and O–H groups in total. The van der Waals surface area contributed by atoms with Crippen molar-refractivity contribution >= 4 is 56.7 Å². The van der Waals surface area contributed by atoms with Gasteiger partial charge >= 0.3 is 5.97 Å². The molecule has 6 nitrogen and oxygen atoms in total. The minimum atomic E-state index is -1.21. The zero-order chi connectivity index (χ0) is 20.5. The standard InChI is InChI=1S/C20H26BrIO6/c1-4-19-7-18(8-21,10-23)6-5-11(19)20-9-22-15(25)17(2,16(26)28-20)13(20)12(19)14(24)27-3/h9-13,16,26H,4-8H2,1-3H3/t11-,12-,13-,16?,17+,18+,19-,20-/m1/s1. The van der Waals surface area contributed by atoms with E-state index in [1.807, 2.05) is 4.01 Å². The van der Waals surface area contributed by atoms with E-state index in [9.17, 15) is 19.5 Å². The summed E-state index contributed by atoms with van der Waals surface area (Å²) in [6, 6.07) is 0. The van der Waals surface area contributed by atoms with E-state index >= 15 is 0 Å². The second-order valence-electron chi connectivity index (χ2n) is 9.05. The van der Waals surface area contributed by atoms with Crippen LogP contribution in [0.4, 0.5) is 0 Å². The molecule has 2 heterocycles. The predicted octanol–water partition coefficient (Wildman–Crippen LogP) is 2.59. The number of halogens is 2. The summed E-state index contributed by atoms with van der Waals surface area (Å²) < 4.78 is 13.5. The average molecular weight is 569 g/mol. The quantitative estimate of drug-likeness (QED) is 0.184. The largest absolute Gasteiger partial charge is 0.469 e. The van der Waals surface area contributed by atoms with Gasteiger partial charge in [0.1, 0.15) is 11.9 Å². The zero-order valence-corrected chi connectivity index (χ0v) is 20.0. The lowest BCUT2D eigenvalue weighted by Gasteiger charge is -2.51. The van der Waals surface area contributed by atoms with Crippen LogP contribution in [0.5, 0.6) is 0 Å². The van der Waals surface area contributed by atoms with Gasteiger partial charge < -0.3 is 19.4 Å². The van der Waals surface area contributed by atoms with Crippen LogP contribution in [0.25, 0.3) is 0 Å². The van der Waals surface area contributed by atoms with Crippen LogP contribution in [-0.2, 0) is 23.9 Å². The van der Waals surface area contributed by atoms with E-state index in [-0.39, 0.29) is 15.7 Å². The molecule has 0 aromatic heterocycles. The molecule has 8 atom stereocenters. The van der Waals surface area contributed by atoms with Crippen molar-refractivity contribution in [3.8, 4) is 0 Å². The normalized spacial score (nSPS) is 51.8. The van der Waals surface area contributed by atoms with Gasteiger partial charge in [-0.2, -0.15) is 0 Å². The fourth-order valence-electron chi connectivity index (χ4n) is 6.81. The highest BCUT2D eigenvalue weighted by Gasteiger charge is 2.81. The summed E-state index contributed by atoms with van der Waals surface area (Å²) in [6.45, 7) is 3.81. The number of carbonyl (C=O) groups excluding carboxylic acids is 3. The molecule has 2 aliphatic heterocycles. The number of aliphatic hydroxyl groups is 1. The van der Waals surface area contributed by atoms with Gasteiger partial charge in [-0.05, 0) is 68.7 Å². The third-order valence-corrected chi connectivity index (χ3v) is 12.3. The molecule has 4 rings (SSSR count). The summed E-state index contributed by atoms with van der Waals surface area (Å²) in [6.07, 6.45) is 2.49. The molecule has 2 saturated carbocycles. The van der Waals surface area contributed by atoms with Crippen LogP contribution in [0.15, 0.2) is 0 Å². The van der Waals surface area contributed by atoms with E-state index in [4.69, 9.17) is 9.47 Å². The van der Waals surface area contributed by atoms with Gasteiger partial charge in [0.15, 0.2) is 10.1 Å². The highest BCUT2D eigenvalue weighted by Crippen LogP contribution is 2.75. The number of hydrogen-bond donors (Lipinski definition) is 1. The minimum absolute atomic E-state index is 0.0119. The lowest BCUT2D eigenvalue weighted by Crippen LogP contribution is -2.51. The molecule has 2 bridgehead atoms. The molecule has 0 amide bonds. The van der Waals surface area contributed by atoms with Crippen molar-refractivity contribution in [2.24, 2.45) is 34.0 Å². The molecule has 1 unspecified atom stereocenters. The van der Waals surface area contributed by atoms with Gasteiger partial charge in [0.25, 0.3) is 0 Å². The van der Waals surface area contributed by atoms with Crippen molar-refractivity contribution in [3.05, 3.63) is 0 Å². The van der Waals surface area contributed by atoms with Crippen LogP contribution in [0.1, 0.15) is 39.5 Å². The van der Waals surface area contributed by atoms with Crippen molar-refractivity contribution in [1.29, 1.82) is 0 Å². The van der Waals surface area contributed by atoms with Crippen LogP contribution >= 0.6 is 36.7 Å². The Bertz CT molecular complexity index is 772. The maximum Gasteiger partial charge on any atom is 0.309 e. The van der Waals surface area contributed by atoms with Crippen molar-refractivity contribution in [2.75, 3.05) is 12.4 Å². The number of rotatable bonds is 4. The fourth-order valence-corrected chi connectivity index (χ4v) is 10.4. The molecule has 0 radical (unpaired) electrons. The SMILES string of the molecule is CC[C@@]12C[C@](C=O)(CBr)CC[C@H]1[C@@]13C=IC(=O)[C@@](C)(C(O)O1)[C@H]3[C@@H]2C(=O)OC. The fraction of sp³-hybridized carbons (Fsp3) is 0.800. The Labute approximate surface area is 183 Å². The number of aldehydes is 1. The number of aliphatic hydroxyl groups excluding tert-OH is 1. The van der Waals surface area contributed by atoms with Crippen LogP contribution in [-0.4, -0.2) is 49.5 Å². The second-order valence-corrected chi connectivity index (χ2v) is 11.8. The highest BCUT2D eigenvalue weighted by atomic mass is 127. The zero-order valence-electron chi connectivity index (χ0n) is 16.2. The van der Waals surface area contributed by atoms with E-state index < -0.39 is 60.7 Å². The van der Waals surface area contributed by atoms with E-state index in [0.29, 0.717) is 24.6 Å². The number of fused-ring (bicyclic) bond motifs is 1. The molecule has 156 valence electrons. The summed E-state index contributed by atoms with van der Waals surface area (Å²) in [5.74, 6) is -1.42. The van der Waals surface area contributed by atoms with E-state index in [1.165, 1.54) is 7.11 Å². The highest BCUT2D eigenvalue weighted by molar-refractivity contribution is 14.2. The summed E-state index contributed by atoms with van der Waals surface area (Å²) >= 11 is 2.62. The molecule has 0 spiro atoms. The lowest BCUT2D eigenvalue weighted by molar-refractivity contribution is -0.182. The lowest BCUT2D eigenvalue weighted by atomic mass is 9.54. The third kappa shape index (κ3) is 2.26. The molecule has 4 aliphatic rings.